The summed E-state index contributed by atoms with van der Waals surface area (Å²) in [5.41, 5.74) is 6.08. The summed E-state index contributed by atoms with van der Waals surface area (Å²) in [5.74, 6) is 0. The van der Waals surface area contributed by atoms with E-state index in [0.29, 0.717) is 6.54 Å². The highest BCUT2D eigenvalue weighted by atomic mass is 16.6. The van der Waals surface area contributed by atoms with E-state index >= 15 is 0 Å². The lowest BCUT2D eigenvalue weighted by atomic mass is 9.98. The van der Waals surface area contributed by atoms with Crippen LogP contribution >= 0.6 is 0 Å². The van der Waals surface area contributed by atoms with Crippen molar-refractivity contribution < 1.29 is 25.2 Å². The molecule has 0 aliphatic carbocycles. The standard InChI is InChI=1S/C18H38N2O5/c1-2-3-4-5-6-7-8-9-10-13(19)11-20-18-17(24)16(23)15(22)14(12-21)25-18/h13-18,20-24H,2-12,19H2,1H3/t13?,14-,15-,16+,17-,18?/m1/s1. The van der Waals surface area contributed by atoms with Gasteiger partial charge < -0.3 is 30.9 Å². The average molecular weight is 363 g/mol. The van der Waals surface area contributed by atoms with Crippen LogP contribution in [-0.4, -0.2) is 70.3 Å². The van der Waals surface area contributed by atoms with Gasteiger partial charge in [0.05, 0.1) is 6.61 Å². The third kappa shape index (κ3) is 8.30. The van der Waals surface area contributed by atoms with E-state index in [9.17, 15) is 15.3 Å². The number of nitrogens with one attached hydrogen (secondary N) is 1. The summed E-state index contributed by atoms with van der Waals surface area (Å²) in [5, 5.41) is 41.6. The van der Waals surface area contributed by atoms with Crippen molar-refractivity contribution in [2.24, 2.45) is 5.73 Å². The molecule has 1 aliphatic rings. The Labute approximate surface area is 151 Å². The first-order valence-corrected chi connectivity index (χ1v) is 9.80. The van der Waals surface area contributed by atoms with Crippen LogP contribution in [0.5, 0.6) is 0 Å². The fraction of sp³-hybridized carbons (Fsp3) is 1.00. The van der Waals surface area contributed by atoms with Crippen LogP contribution in [0.4, 0.5) is 0 Å². The Kier molecular flexibility index (Phi) is 11.8. The molecule has 150 valence electrons. The Morgan fingerprint density at radius 3 is 2.12 bits per heavy atom. The second-order valence-corrected chi connectivity index (χ2v) is 7.18. The molecule has 0 aromatic heterocycles. The molecule has 1 heterocycles. The van der Waals surface area contributed by atoms with E-state index in [2.05, 4.69) is 12.2 Å². The number of rotatable bonds is 13. The molecule has 0 saturated carbocycles. The summed E-state index contributed by atoms with van der Waals surface area (Å²) in [4.78, 5) is 0. The van der Waals surface area contributed by atoms with E-state index < -0.39 is 37.3 Å². The van der Waals surface area contributed by atoms with Crippen molar-refractivity contribution >= 4 is 0 Å². The van der Waals surface area contributed by atoms with Gasteiger partial charge in [-0.1, -0.05) is 58.3 Å². The fourth-order valence-electron chi connectivity index (χ4n) is 3.18. The highest BCUT2D eigenvalue weighted by molar-refractivity contribution is 4.91. The van der Waals surface area contributed by atoms with Crippen LogP contribution in [0.25, 0.3) is 0 Å². The summed E-state index contributed by atoms with van der Waals surface area (Å²) in [7, 11) is 0. The molecule has 0 amide bonds. The van der Waals surface area contributed by atoms with E-state index in [0.717, 1.165) is 12.8 Å². The van der Waals surface area contributed by atoms with Crippen LogP contribution in [0.15, 0.2) is 0 Å². The number of hydrogen-bond donors (Lipinski definition) is 6. The molecule has 1 aliphatic heterocycles. The first-order valence-electron chi connectivity index (χ1n) is 9.80. The van der Waals surface area contributed by atoms with Crippen LogP contribution in [0.1, 0.15) is 64.7 Å². The third-order valence-corrected chi connectivity index (χ3v) is 4.90. The Morgan fingerprint density at radius 1 is 0.920 bits per heavy atom. The van der Waals surface area contributed by atoms with Crippen LogP contribution < -0.4 is 11.1 Å². The predicted octanol–water partition coefficient (Wildman–Crippen LogP) is 0.234. The highest BCUT2D eigenvalue weighted by Gasteiger charge is 2.43. The third-order valence-electron chi connectivity index (χ3n) is 4.90. The monoisotopic (exact) mass is 362 g/mol. The second kappa shape index (κ2) is 13.0. The summed E-state index contributed by atoms with van der Waals surface area (Å²) in [6, 6.07) is -0.0625. The van der Waals surface area contributed by atoms with E-state index in [1.165, 1.54) is 44.9 Å². The van der Waals surface area contributed by atoms with Gasteiger partial charge >= 0.3 is 0 Å². The molecule has 0 bridgehead atoms. The van der Waals surface area contributed by atoms with Crippen molar-refractivity contribution in [2.45, 2.75) is 101 Å². The number of ether oxygens (including phenoxy) is 1. The molecule has 1 saturated heterocycles. The lowest BCUT2D eigenvalue weighted by Gasteiger charge is -2.40. The van der Waals surface area contributed by atoms with Crippen molar-refractivity contribution in [3.05, 3.63) is 0 Å². The molecule has 0 radical (unpaired) electrons. The zero-order chi connectivity index (χ0) is 18.7. The maximum Gasteiger partial charge on any atom is 0.137 e. The molecule has 0 spiro atoms. The van der Waals surface area contributed by atoms with Gasteiger partial charge in [0.25, 0.3) is 0 Å². The van der Waals surface area contributed by atoms with Crippen molar-refractivity contribution in [2.75, 3.05) is 13.2 Å². The molecule has 7 heteroatoms. The molecule has 7 nitrogen and oxygen atoms in total. The average Bonchev–Trinajstić information content (AvgIpc) is 2.61. The minimum absolute atomic E-state index is 0.0625. The number of hydrogen-bond acceptors (Lipinski definition) is 7. The van der Waals surface area contributed by atoms with Crippen LogP contribution in [-0.2, 0) is 4.74 Å². The van der Waals surface area contributed by atoms with Crippen LogP contribution in [0.3, 0.4) is 0 Å². The predicted molar refractivity (Wildman–Crippen MR) is 97.0 cm³/mol. The summed E-state index contributed by atoms with van der Waals surface area (Å²) < 4.78 is 5.39. The largest absolute Gasteiger partial charge is 0.394 e. The van der Waals surface area contributed by atoms with E-state index in [4.69, 9.17) is 15.6 Å². The molecule has 1 fully saturated rings. The van der Waals surface area contributed by atoms with E-state index in [-0.39, 0.29) is 6.04 Å². The Morgan fingerprint density at radius 2 is 1.52 bits per heavy atom. The van der Waals surface area contributed by atoms with Crippen molar-refractivity contribution in [1.29, 1.82) is 0 Å². The number of aliphatic hydroxyl groups excluding tert-OH is 4. The first-order chi connectivity index (χ1) is 12.0. The SMILES string of the molecule is CCCCCCCCCCC(N)CNC1O[C@H](CO)[C@@H](O)[C@H](O)[C@H]1O. The van der Waals surface area contributed by atoms with Crippen LogP contribution in [0, 0.1) is 0 Å². The number of aliphatic hydroxyl groups is 4. The lowest BCUT2D eigenvalue weighted by Crippen LogP contribution is -2.63. The molecular formula is C18H38N2O5. The van der Waals surface area contributed by atoms with E-state index in [1.807, 2.05) is 0 Å². The lowest BCUT2D eigenvalue weighted by molar-refractivity contribution is -0.236. The highest BCUT2D eigenvalue weighted by Crippen LogP contribution is 2.19. The smallest absolute Gasteiger partial charge is 0.137 e. The van der Waals surface area contributed by atoms with Crippen molar-refractivity contribution in [3.63, 3.8) is 0 Å². The van der Waals surface area contributed by atoms with Gasteiger partial charge in [0.1, 0.15) is 30.6 Å². The maximum atomic E-state index is 9.95. The normalized spacial score (nSPS) is 31.2. The fourth-order valence-corrected chi connectivity index (χ4v) is 3.18. The maximum absolute atomic E-state index is 9.95. The van der Waals surface area contributed by atoms with Crippen molar-refractivity contribution in [3.8, 4) is 0 Å². The Bertz CT molecular complexity index is 333. The quantitative estimate of drug-likeness (QED) is 0.259. The van der Waals surface area contributed by atoms with Gasteiger partial charge in [0.15, 0.2) is 0 Å². The molecule has 0 aromatic rings. The Hall–Kier alpha value is -0.280. The molecular weight excluding hydrogens is 324 g/mol. The van der Waals surface area contributed by atoms with Gasteiger partial charge in [-0.15, -0.1) is 0 Å². The van der Waals surface area contributed by atoms with Gasteiger partial charge in [0, 0.05) is 12.6 Å². The first kappa shape index (κ1) is 22.8. The van der Waals surface area contributed by atoms with Gasteiger partial charge in [-0.25, -0.2) is 0 Å². The molecule has 2 unspecified atom stereocenters. The van der Waals surface area contributed by atoms with Gasteiger partial charge in [-0.05, 0) is 6.42 Å². The summed E-state index contributed by atoms with van der Waals surface area (Å²) in [6.07, 6.45) is 5.26. The minimum Gasteiger partial charge on any atom is -0.394 e. The van der Waals surface area contributed by atoms with Crippen LogP contribution in [0.2, 0.25) is 0 Å². The zero-order valence-corrected chi connectivity index (χ0v) is 15.5. The topological polar surface area (TPSA) is 128 Å². The van der Waals surface area contributed by atoms with Crippen molar-refractivity contribution in [1.82, 2.24) is 5.32 Å². The second-order valence-electron chi connectivity index (χ2n) is 7.18. The Balaban J connectivity index is 2.13. The van der Waals surface area contributed by atoms with Gasteiger partial charge in [-0.3, -0.25) is 5.32 Å². The molecule has 1 rings (SSSR count). The summed E-state index contributed by atoms with van der Waals surface area (Å²) in [6.45, 7) is 2.24. The minimum atomic E-state index is -1.35. The molecule has 7 N–H and O–H groups in total. The molecule has 25 heavy (non-hydrogen) atoms. The summed E-state index contributed by atoms with van der Waals surface area (Å²) >= 11 is 0. The van der Waals surface area contributed by atoms with Gasteiger partial charge in [0.2, 0.25) is 0 Å². The number of nitrogens with two attached hydrogens (primary N) is 1. The zero-order valence-electron chi connectivity index (χ0n) is 15.5. The molecule has 6 atom stereocenters. The van der Waals surface area contributed by atoms with E-state index in [1.54, 1.807) is 0 Å². The molecule has 0 aromatic carbocycles. The van der Waals surface area contributed by atoms with Gasteiger partial charge in [-0.2, -0.15) is 0 Å². The number of unbranched alkanes of at least 4 members (excludes halogenated alkanes) is 7.